The molecule has 0 aromatic heterocycles. The van der Waals surface area contributed by atoms with Gasteiger partial charge in [0.25, 0.3) is 0 Å². The highest BCUT2D eigenvalue weighted by Crippen LogP contribution is 2.32. The van der Waals surface area contributed by atoms with Gasteiger partial charge in [-0.2, -0.15) is 0 Å². The molecule has 1 fully saturated rings. The van der Waals surface area contributed by atoms with E-state index < -0.39 is 15.6 Å². The van der Waals surface area contributed by atoms with Crippen molar-refractivity contribution in [2.24, 2.45) is 0 Å². The highest BCUT2D eigenvalue weighted by Gasteiger charge is 2.35. The summed E-state index contributed by atoms with van der Waals surface area (Å²) in [6.45, 7) is 0.0150. The summed E-state index contributed by atoms with van der Waals surface area (Å²) < 4.78 is 31.8. The predicted molar refractivity (Wildman–Crippen MR) is 72.0 cm³/mol. The second-order valence-electron chi connectivity index (χ2n) is 4.70. The van der Waals surface area contributed by atoms with Gasteiger partial charge in [0.2, 0.25) is 10.0 Å². The number of ether oxygens (including phenoxy) is 1. The van der Waals surface area contributed by atoms with E-state index in [1.807, 2.05) is 0 Å². The lowest BCUT2D eigenvalue weighted by atomic mass is 9.81. The lowest BCUT2D eigenvalue weighted by molar-refractivity contribution is -0.0271. The SMILES string of the molecule is COc1cc(Cl)ccc1S(=O)(=O)NCC1(O)CCC1. The number of sulfonamides is 1. The third-order valence-electron chi connectivity index (χ3n) is 3.29. The van der Waals surface area contributed by atoms with Crippen molar-refractivity contribution in [3.63, 3.8) is 0 Å². The lowest BCUT2D eigenvalue weighted by Crippen LogP contribution is -2.47. The van der Waals surface area contributed by atoms with Crippen LogP contribution in [0.5, 0.6) is 5.75 Å². The molecule has 0 bridgehead atoms. The van der Waals surface area contributed by atoms with Crippen LogP contribution in [0, 0.1) is 0 Å². The summed E-state index contributed by atoms with van der Waals surface area (Å²) in [5.74, 6) is 0.181. The molecular weight excluding hydrogens is 290 g/mol. The van der Waals surface area contributed by atoms with Gasteiger partial charge in [-0.05, 0) is 31.4 Å². The largest absolute Gasteiger partial charge is 0.495 e. The Kier molecular flexibility index (Phi) is 4.06. The molecule has 7 heteroatoms. The fourth-order valence-corrected chi connectivity index (χ4v) is 3.36. The summed E-state index contributed by atoms with van der Waals surface area (Å²) in [6, 6.07) is 4.30. The third-order valence-corrected chi connectivity index (χ3v) is 4.97. The fourth-order valence-electron chi connectivity index (χ4n) is 1.93. The molecule has 1 saturated carbocycles. The Labute approximate surface area is 117 Å². The van der Waals surface area contributed by atoms with Gasteiger partial charge in [0, 0.05) is 17.6 Å². The molecule has 19 heavy (non-hydrogen) atoms. The molecule has 0 amide bonds. The summed E-state index contributed by atoms with van der Waals surface area (Å²) in [5.41, 5.74) is -0.910. The van der Waals surface area contributed by atoms with Crippen LogP contribution < -0.4 is 9.46 Å². The molecule has 0 radical (unpaired) electrons. The number of aliphatic hydroxyl groups is 1. The molecule has 2 N–H and O–H groups in total. The first kappa shape index (κ1) is 14.6. The van der Waals surface area contributed by atoms with Crippen molar-refractivity contribution in [1.29, 1.82) is 0 Å². The van der Waals surface area contributed by atoms with Crippen LogP contribution in [-0.2, 0) is 10.0 Å². The molecule has 1 aromatic carbocycles. The Bertz CT molecular complexity index is 569. The van der Waals surface area contributed by atoms with Crippen molar-refractivity contribution >= 4 is 21.6 Å². The second kappa shape index (κ2) is 5.28. The van der Waals surface area contributed by atoms with Crippen molar-refractivity contribution in [3.8, 4) is 5.75 Å². The molecule has 0 atom stereocenters. The summed E-state index contributed by atoms with van der Waals surface area (Å²) in [6.07, 6.45) is 2.16. The highest BCUT2D eigenvalue weighted by atomic mass is 35.5. The Morgan fingerprint density at radius 2 is 2.16 bits per heavy atom. The number of benzene rings is 1. The zero-order valence-electron chi connectivity index (χ0n) is 10.5. The number of hydrogen-bond acceptors (Lipinski definition) is 4. The summed E-state index contributed by atoms with van der Waals surface area (Å²) in [4.78, 5) is 0.0160. The maximum atomic E-state index is 12.2. The van der Waals surface area contributed by atoms with Crippen LogP contribution in [0.3, 0.4) is 0 Å². The molecule has 0 aliphatic heterocycles. The Morgan fingerprint density at radius 3 is 2.68 bits per heavy atom. The summed E-state index contributed by atoms with van der Waals surface area (Å²) >= 11 is 5.79. The van der Waals surface area contributed by atoms with Crippen molar-refractivity contribution < 1.29 is 18.3 Å². The monoisotopic (exact) mass is 305 g/mol. The van der Waals surface area contributed by atoms with Crippen LogP contribution in [0.1, 0.15) is 19.3 Å². The minimum absolute atomic E-state index is 0.0150. The number of rotatable bonds is 5. The van der Waals surface area contributed by atoms with E-state index in [9.17, 15) is 13.5 Å². The molecule has 1 aliphatic carbocycles. The molecule has 106 valence electrons. The quantitative estimate of drug-likeness (QED) is 0.865. The molecule has 5 nitrogen and oxygen atoms in total. The number of methoxy groups -OCH3 is 1. The van der Waals surface area contributed by atoms with E-state index in [2.05, 4.69) is 4.72 Å². The van der Waals surface area contributed by atoms with Crippen LogP contribution >= 0.6 is 11.6 Å². The van der Waals surface area contributed by atoms with Gasteiger partial charge in [0.15, 0.2) is 0 Å². The van der Waals surface area contributed by atoms with Gasteiger partial charge in [0.05, 0.1) is 12.7 Å². The zero-order valence-corrected chi connectivity index (χ0v) is 12.1. The Hall–Kier alpha value is -0.820. The smallest absolute Gasteiger partial charge is 0.244 e. The summed E-state index contributed by atoms with van der Waals surface area (Å²) in [7, 11) is -2.34. The average molecular weight is 306 g/mol. The molecular formula is C12H16ClNO4S. The minimum atomic E-state index is -3.72. The fraction of sp³-hybridized carbons (Fsp3) is 0.500. The van der Waals surface area contributed by atoms with E-state index in [4.69, 9.17) is 16.3 Å². The highest BCUT2D eigenvalue weighted by molar-refractivity contribution is 7.89. The van der Waals surface area contributed by atoms with Crippen LogP contribution in [-0.4, -0.2) is 32.8 Å². The first-order chi connectivity index (χ1) is 8.86. The van der Waals surface area contributed by atoms with Crippen LogP contribution in [0.25, 0.3) is 0 Å². The molecule has 0 unspecified atom stereocenters. The van der Waals surface area contributed by atoms with Crippen LogP contribution in [0.4, 0.5) is 0 Å². The maximum absolute atomic E-state index is 12.2. The van der Waals surface area contributed by atoms with Gasteiger partial charge in [-0.3, -0.25) is 0 Å². The topological polar surface area (TPSA) is 75.6 Å². The number of nitrogens with one attached hydrogen (secondary N) is 1. The van der Waals surface area contributed by atoms with E-state index in [0.717, 1.165) is 6.42 Å². The zero-order chi connectivity index (χ0) is 14.1. The predicted octanol–water partition coefficient (Wildman–Crippen LogP) is 1.54. The first-order valence-corrected chi connectivity index (χ1v) is 7.78. The molecule has 1 aliphatic rings. The molecule has 1 aromatic rings. The Balaban J connectivity index is 2.19. The van der Waals surface area contributed by atoms with E-state index in [0.29, 0.717) is 17.9 Å². The molecule has 0 heterocycles. The Morgan fingerprint density at radius 1 is 1.47 bits per heavy atom. The minimum Gasteiger partial charge on any atom is -0.495 e. The van der Waals surface area contributed by atoms with Crippen LogP contribution in [0.2, 0.25) is 5.02 Å². The molecule has 0 saturated heterocycles. The van der Waals surface area contributed by atoms with Gasteiger partial charge in [-0.25, -0.2) is 13.1 Å². The number of halogens is 1. The van der Waals surface area contributed by atoms with Gasteiger partial charge in [-0.15, -0.1) is 0 Å². The molecule has 2 rings (SSSR count). The van der Waals surface area contributed by atoms with Crippen molar-refractivity contribution in [1.82, 2.24) is 4.72 Å². The van der Waals surface area contributed by atoms with Crippen LogP contribution in [0.15, 0.2) is 23.1 Å². The average Bonchev–Trinajstić information content (AvgIpc) is 2.33. The maximum Gasteiger partial charge on any atom is 0.244 e. The van der Waals surface area contributed by atoms with Gasteiger partial charge in [0.1, 0.15) is 10.6 Å². The van der Waals surface area contributed by atoms with E-state index >= 15 is 0 Å². The lowest BCUT2D eigenvalue weighted by Gasteiger charge is -2.36. The van der Waals surface area contributed by atoms with Gasteiger partial charge < -0.3 is 9.84 Å². The van der Waals surface area contributed by atoms with Gasteiger partial charge >= 0.3 is 0 Å². The van der Waals surface area contributed by atoms with Crippen molar-refractivity contribution in [2.45, 2.75) is 29.8 Å². The third kappa shape index (κ3) is 3.20. The van der Waals surface area contributed by atoms with Crippen molar-refractivity contribution in [2.75, 3.05) is 13.7 Å². The second-order valence-corrected chi connectivity index (χ2v) is 6.87. The number of hydrogen-bond donors (Lipinski definition) is 2. The standard InChI is InChI=1S/C12H16ClNO4S/c1-18-10-7-9(13)3-4-11(10)19(16,17)14-8-12(15)5-2-6-12/h3-4,7,14-15H,2,5-6,8H2,1H3. The van der Waals surface area contributed by atoms with E-state index in [1.165, 1.54) is 25.3 Å². The van der Waals surface area contributed by atoms with Crippen molar-refractivity contribution in [3.05, 3.63) is 23.2 Å². The normalized spacial score (nSPS) is 17.8. The summed E-state index contributed by atoms with van der Waals surface area (Å²) in [5, 5.41) is 10.3. The first-order valence-electron chi connectivity index (χ1n) is 5.92. The van der Waals surface area contributed by atoms with E-state index in [-0.39, 0.29) is 17.2 Å². The molecule has 0 spiro atoms. The van der Waals surface area contributed by atoms with E-state index in [1.54, 1.807) is 0 Å². The van der Waals surface area contributed by atoms with Gasteiger partial charge in [-0.1, -0.05) is 11.6 Å².